The van der Waals surface area contributed by atoms with Crippen molar-refractivity contribution in [2.45, 2.75) is 12.5 Å². The highest BCUT2D eigenvalue weighted by Gasteiger charge is 2.21. The van der Waals surface area contributed by atoms with Crippen molar-refractivity contribution < 1.29 is 9.59 Å². The highest BCUT2D eigenvalue weighted by Crippen LogP contribution is 2.20. The first-order valence-electron chi connectivity index (χ1n) is 9.30. The van der Waals surface area contributed by atoms with Crippen molar-refractivity contribution in [3.8, 4) is 11.3 Å². The molecule has 0 saturated carbocycles. The van der Waals surface area contributed by atoms with Crippen LogP contribution in [0.25, 0.3) is 11.3 Å². The molecule has 3 N–H and O–H groups in total. The molecule has 2 aromatic heterocycles. The van der Waals surface area contributed by atoms with Crippen LogP contribution in [0, 0.1) is 0 Å². The third-order valence-electron chi connectivity index (χ3n) is 4.49. The summed E-state index contributed by atoms with van der Waals surface area (Å²) in [6.07, 6.45) is 3.85. The SMILES string of the molecule is CNC(=O)CN[C@@H](Cc1ccccc1)C(=O)Nc1cc(-c2ccncc2)nn1C. The van der Waals surface area contributed by atoms with E-state index in [0.29, 0.717) is 12.2 Å². The van der Waals surface area contributed by atoms with Crippen molar-refractivity contribution in [3.05, 3.63) is 66.5 Å². The predicted molar refractivity (Wildman–Crippen MR) is 111 cm³/mol. The average Bonchev–Trinajstić information content (AvgIpc) is 3.12. The van der Waals surface area contributed by atoms with Gasteiger partial charge in [0, 0.05) is 38.1 Å². The number of benzene rings is 1. The molecule has 0 spiro atoms. The summed E-state index contributed by atoms with van der Waals surface area (Å²) in [6.45, 7) is 0.0507. The Kier molecular flexibility index (Phi) is 6.70. The molecule has 0 aliphatic rings. The number of carbonyl (C=O) groups excluding carboxylic acids is 2. The fraction of sp³-hybridized carbons (Fsp3) is 0.238. The summed E-state index contributed by atoms with van der Waals surface area (Å²) in [7, 11) is 3.33. The molecule has 0 unspecified atom stereocenters. The van der Waals surface area contributed by atoms with Crippen molar-refractivity contribution in [3.63, 3.8) is 0 Å². The number of anilines is 1. The van der Waals surface area contributed by atoms with E-state index in [0.717, 1.165) is 16.8 Å². The quantitative estimate of drug-likeness (QED) is 0.538. The van der Waals surface area contributed by atoms with E-state index in [2.05, 4.69) is 26.0 Å². The monoisotopic (exact) mass is 392 g/mol. The molecule has 3 aromatic rings. The lowest BCUT2D eigenvalue weighted by molar-refractivity contribution is -0.120. The normalized spacial score (nSPS) is 11.7. The number of nitrogens with zero attached hydrogens (tertiary/aromatic N) is 3. The summed E-state index contributed by atoms with van der Waals surface area (Å²) in [4.78, 5) is 28.6. The maximum absolute atomic E-state index is 13.0. The van der Waals surface area contributed by atoms with Crippen LogP contribution in [0.1, 0.15) is 5.56 Å². The Morgan fingerprint density at radius 2 is 1.83 bits per heavy atom. The van der Waals surface area contributed by atoms with E-state index < -0.39 is 6.04 Å². The summed E-state index contributed by atoms with van der Waals surface area (Å²) in [5.74, 6) is 0.153. The molecule has 0 aliphatic heterocycles. The van der Waals surface area contributed by atoms with Gasteiger partial charge in [0.1, 0.15) is 5.82 Å². The number of carbonyl (C=O) groups is 2. The first-order valence-corrected chi connectivity index (χ1v) is 9.30. The van der Waals surface area contributed by atoms with Gasteiger partial charge in [-0.25, -0.2) is 0 Å². The molecule has 0 aliphatic carbocycles. The zero-order chi connectivity index (χ0) is 20.6. The standard InChI is InChI=1S/C21H24N6O2/c1-22-20(28)14-24-18(12-15-6-4-3-5-7-15)21(29)25-19-13-17(26-27(19)2)16-8-10-23-11-9-16/h3-11,13,18,24H,12,14H2,1-2H3,(H,22,28)(H,25,29)/t18-/m0/s1. The zero-order valence-electron chi connectivity index (χ0n) is 16.4. The molecule has 3 rings (SSSR count). The molecule has 0 radical (unpaired) electrons. The number of hydrogen-bond acceptors (Lipinski definition) is 5. The Hall–Kier alpha value is -3.52. The van der Waals surface area contributed by atoms with Crippen molar-refractivity contribution >= 4 is 17.6 Å². The zero-order valence-corrected chi connectivity index (χ0v) is 16.4. The van der Waals surface area contributed by atoms with Gasteiger partial charge in [-0.2, -0.15) is 5.10 Å². The topological polar surface area (TPSA) is 101 Å². The number of hydrogen-bond donors (Lipinski definition) is 3. The minimum absolute atomic E-state index is 0.0507. The Morgan fingerprint density at radius 1 is 1.10 bits per heavy atom. The molecule has 0 saturated heterocycles. The van der Waals surface area contributed by atoms with Gasteiger partial charge in [-0.1, -0.05) is 30.3 Å². The van der Waals surface area contributed by atoms with Crippen LogP contribution in [0.5, 0.6) is 0 Å². The lowest BCUT2D eigenvalue weighted by Gasteiger charge is -2.18. The fourth-order valence-corrected chi connectivity index (χ4v) is 2.87. The van der Waals surface area contributed by atoms with Crippen LogP contribution in [-0.2, 0) is 23.1 Å². The molecule has 0 fully saturated rings. The fourth-order valence-electron chi connectivity index (χ4n) is 2.87. The van der Waals surface area contributed by atoms with Crippen LogP contribution in [-0.4, -0.2) is 46.2 Å². The van der Waals surface area contributed by atoms with Gasteiger partial charge in [0.05, 0.1) is 18.3 Å². The summed E-state index contributed by atoms with van der Waals surface area (Å²) in [5, 5.41) is 13.0. The van der Waals surface area contributed by atoms with Gasteiger partial charge in [0.2, 0.25) is 11.8 Å². The van der Waals surface area contributed by atoms with Gasteiger partial charge in [0.25, 0.3) is 0 Å². The van der Waals surface area contributed by atoms with Crippen LogP contribution in [0.15, 0.2) is 60.9 Å². The number of nitrogens with one attached hydrogen (secondary N) is 3. The molecular weight excluding hydrogens is 368 g/mol. The lowest BCUT2D eigenvalue weighted by atomic mass is 10.1. The molecular formula is C21H24N6O2. The predicted octanol–water partition coefficient (Wildman–Crippen LogP) is 1.37. The second-order valence-electron chi connectivity index (χ2n) is 6.56. The minimum atomic E-state index is -0.575. The lowest BCUT2D eigenvalue weighted by Crippen LogP contribution is -2.46. The van der Waals surface area contributed by atoms with Gasteiger partial charge >= 0.3 is 0 Å². The average molecular weight is 392 g/mol. The van der Waals surface area contributed by atoms with Crippen LogP contribution in [0.2, 0.25) is 0 Å². The Balaban J connectivity index is 1.75. The Morgan fingerprint density at radius 3 is 2.52 bits per heavy atom. The molecule has 1 aromatic carbocycles. The number of rotatable bonds is 8. The van der Waals surface area contributed by atoms with Crippen LogP contribution in [0.4, 0.5) is 5.82 Å². The molecule has 1 atom stereocenters. The number of amides is 2. The number of likely N-dealkylation sites (N-methyl/N-ethyl adjacent to an activating group) is 1. The molecule has 29 heavy (non-hydrogen) atoms. The summed E-state index contributed by atoms with van der Waals surface area (Å²) < 4.78 is 1.62. The molecule has 150 valence electrons. The van der Waals surface area contributed by atoms with Gasteiger partial charge < -0.3 is 10.6 Å². The van der Waals surface area contributed by atoms with E-state index >= 15 is 0 Å². The molecule has 8 heteroatoms. The van der Waals surface area contributed by atoms with Crippen LogP contribution >= 0.6 is 0 Å². The highest BCUT2D eigenvalue weighted by atomic mass is 16.2. The molecule has 2 amide bonds. The molecule has 0 bridgehead atoms. The first-order chi connectivity index (χ1) is 14.1. The van der Waals surface area contributed by atoms with Gasteiger partial charge in [0.15, 0.2) is 0 Å². The Bertz CT molecular complexity index is 956. The Labute approximate surface area is 169 Å². The van der Waals surface area contributed by atoms with Crippen LogP contribution in [0.3, 0.4) is 0 Å². The van der Waals surface area contributed by atoms with Gasteiger partial charge in [-0.3, -0.25) is 24.6 Å². The van der Waals surface area contributed by atoms with E-state index in [-0.39, 0.29) is 18.4 Å². The summed E-state index contributed by atoms with van der Waals surface area (Å²) in [6, 6.07) is 14.6. The van der Waals surface area contributed by atoms with Crippen LogP contribution < -0.4 is 16.0 Å². The summed E-state index contributed by atoms with van der Waals surface area (Å²) in [5.41, 5.74) is 2.65. The van der Waals surface area contributed by atoms with Crippen molar-refractivity contribution in [2.75, 3.05) is 18.9 Å². The smallest absolute Gasteiger partial charge is 0.243 e. The van der Waals surface area contributed by atoms with E-state index in [4.69, 9.17) is 0 Å². The minimum Gasteiger partial charge on any atom is -0.358 e. The summed E-state index contributed by atoms with van der Waals surface area (Å²) >= 11 is 0. The molecule has 8 nitrogen and oxygen atoms in total. The maximum atomic E-state index is 13.0. The van der Waals surface area contributed by atoms with Gasteiger partial charge in [-0.05, 0) is 24.1 Å². The number of aromatic nitrogens is 3. The van der Waals surface area contributed by atoms with E-state index in [1.807, 2.05) is 48.5 Å². The maximum Gasteiger partial charge on any atom is 0.243 e. The van der Waals surface area contributed by atoms with Crippen molar-refractivity contribution in [2.24, 2.45) is 7.05 Å². The largest absolute Gasteiger partial charge is 0.358 e. The van der Waals surface area contributed by atoms with Crippen molar-refractivity contribution in [1.29, 1.82) is 0 Å². The highest BCUT2D eigenvalue weighted by molar-refractivity contribution is 5.95. The van der Waals surface area contributed by atoms with Gasteiger partial charge in [-0.15, -0.1) is 0 Å². The first kappa shape index (κ1) is 20.2. The number of pyridine rings is 1. The van der Waals surface area contributed by atoms with Crippen molar-refractivity contribution in [1.82, 2.24) is 25.4 Å². The number of aryl methyl sites for hydroxylation is 1. The second kappa shape index (κ2) is 9.61. The van der Waals surface area contributed by atoms with E-state index in [1.54, 1.807) is 31.2 Å². The molecule has 2 heterocycles. The van der Waals surface area contributed by atoms with E-state index in [1.165, 1.54) is 0 Å². The second-order valence-corrected chi connectivity index (χ2v) is 6.56. The van der Waals surface area contributed by atoms with E-state index in [9.17, 15) is 9.59 Å². The third kappa shape index (κ3) is 5.49. The third-order valence-corrected chi connectivity index (χ3v) is 4.49.